The first-order chi connectivity index (χ1) is 11.9. The number of ketones is 1. The minimum absolute atomic E-state index is 0.00403. The molecule has 0 N–H and O–H groups in total. The fourth-order valence-electron chi connectivity index (χ4n) is 3.17. The molecule has 25 heavy (non-hydrogen) atoms. The summed E-state index contributed by atoms with van der Waals surface area (Å²) in [7, 11) is 1.63. The molecule has 0 aliphatic carbocycles. The normalized spacial score (nSPS) is 15.2. The van der Waals surface area contributed by atoms with Gasteiger partial charge in [0.15, 0.2) is 5.78 Å². The first kappa shape index (κ1) is 17.7. The third-order valence-electron chi connectivity index (χ3n) is 4.68. The molecule has 0 atom stereocenters. The number of nitrogens with zero attached hydrogens (tertiary/aromatic N) is 1. The summed E-state index contributed by atoms with van der Waals surface area (Å²) in [4.78, 5) is 26.8. The third-order valence-corrected chi connectivity index (χ3v) is 5.19. The Morgan fingerprint density at radius 2 is 1.84 bits per heavy atom. The highest BCUT2D eigenvalue weighted by Crippen LogP contribution is 2.42. The van der Waals surface area contributed by atoms with Crippen LogP contribution in [0.25, 0.3) is 0 Å². The van der Waals surface area contributed by atoms with Crippen molar-refractivity contribution in [3.8, 4) is 5.75 Å². The highest BCUT2D eigenvalue weighted by Gasteiger charge is 2.43. The van der Waals surface area contributed by atoms with Crippen molar-refractivity contribution in [2.24, 2.45) is 0 Å². The van der Waals surface area contributed by atoms with E-state index in [2.05, 4.69) is 15.9 Å². The Kier molecular flexibility index (Phi) is 4.69. The van der Waals surface area contributed by atoms with Crippen LogP contribution in [0.15, 0.2) is 42.5 Å². The van der Waals surface area contributed by atoms with Crippen molar-refractivity contribution in [1.29, 1.82) is 0 Å². The van der Waals surface area contributed by atoms with Crippen LogP contribution in [0.4, 0.5) is 5.69 Å². The minimum atomic E-state index is -0.599. The number of alkyl halides is 1. The predicted octanol–water partition coefficient (Wildman–Crippen LogP) is 4.10. The number of carbonyl (C=O) groups excluding carboxylic acids is 2. The summed E-state index contributed by atoms with van der Waals surface area (Å²) in [5, 5.41) is 0.265. The summed E-state index contributed by atoms with van der Waals surface area (Å²) in [5.41, 5.74) is 2.79. The van der Waals surface area contributed by atoms with Crippen LogP contribution in [0.2, 0.25) is 0 Å². The molecule has 5 heteroatoms. The van der Waals surface area contributed by atoms with Crippen LogP contribution in [0, 0.1) is 0 Å². The number of anilines is 1. The van der Waals surface area contributed by atoms with E-state index in [0.29, 0.717) is 12.1 Å². The van der Waals surface area contributed by atoms with Gasteiger partial charge < -0.3 is 9.64 Å². The Morgan fingerprint density at radius 3 is 2.44 bits per heavy atom. The molecule has 1 aliphatic heterocycles. The first-order valence-corrected chi connectivity index (χ1v) is 9.19. The van der Waals surface area contributed by atoms with Crippen LogP contribution in [0.1, 0.15) is 35.3 Å². The van der Waals surface area contributed by atoms with E-state index in [1.807, 2.05) is 50.2 Å². The van der Waals surface area contributed by atoms with Crippen LogP contribution in [-0.4, -0.2) is 24.1 Å². The van der Waals surface area contributed by atoms with Crippen molar-refractivity contribution < 1.29 is 14.3 Å². The molecule has 2 aromatic rings. The molecule has 0 unspecified atom stereocenters. The summed E-state index contributed by atoms with van der Waals surface area (Å²) in [6.07, 6.45) is 0. The molecule has 1 amide bonds. The molecule has 0 bridgehead atoms. The number of carbonyl (C=O) groups is 2. The summed E-state index contributed by atoms with van der Waals surface area (Å²) in [6, 6.07) is 13.2. The fourth-order valence-corrected chi connectivity index (χ4v) is 3.49. The second-order valence-electron chi connectivity index (χ2n) is 6.65. The van der Waals surface area contributed by atoms with E-state index in [1.54, 1.807) is 18.1 Å². The molecule has 1 heterocycles. The number of ether oxygens (including phenoxy) is 1. The number of Topliss-reactive ketones (excluding diaryl/α,β-unsaturated/α-hetero) is 1. The van der Waals surface area contributed by atoms with Gasteiger partial charge in [0.1, 0.15) is 5.75 Å². The molecule has 0 fully saturated rings. The van der Waals surface area contributed by atoms with Gasteiger partial charge in [-0.3, -0.25) is 9.59 Å². The Bertz CT molecular complexity index is 827. The second-order valence-corrected chi connectivity index (χ2v) is 7.21. The molecule has 2 aromatic carbocycles. The maximum Gasteiger partial charge on any atom is 0.237 e. The van der Waals surface area contributed by atoms with Gasteiger partial charge in [-0.25, -0.2) is 0 Å². The van der Waals surface area contributed by atoms with E-state index in [-0.39, 0.29) is 17.0 Å². The van der Waals surface area contributed by atoms with E-state index in [9.17, 15) is 9.59 Å². The van der Waals surface area contributed by atoms with Crippen molar-refractivity contribution in [3.05, 3.63) is 59.2 Å². The molecule has 0 saturated heterocycles. The van der Waals surface area contributed by atoms with E-state index >= 15 is 0 Å². The molecular weight excluding hydrogens is 382 g/mol. The number of rotatable bonds is 5. The Labute approximate surface area is 155 Å². The van der Waals surface area contributed by atoms with Gasteiger partial charge in [-0.1, -0.05) is 40.2 Å². The van der Waals surface area contributed by atoms with Gasteiger partial charge in [0.25, 0.3) is 0 Å². The number of hydrogen-bond donors (Lipinski definition) is 0. The zero-order chi connectivity index (χ0) is 18.2. The van der Waals surface area contributed by atoms with Gasteiger partial charge in [-0.15, -0.1) is 0 Å². The Hall–Kier alpha value is -2.14. The maximum absolute atomic E-state index is 13.0. The van der Waals surface area contributed by atoms with Gasteiger partial charge in [0.05, 0.1) is 24.4 Å². The van der Waals surface area contributed by atoms with E-state index < -0.39 is 5.41 Å². The quantitative estimate of drug-likeness (QED) is 0.559. The average molecular weight is 402 g/mol. The predicted molar refractivity (Wildman–Crippen MR) is 102 cm³/mol. The largest absolute Gasteiger partial charge is 0.497 e. The van der Waals surface area contributed by atoms with Crippen molar-refractivity contribution in [3.63, 3.8) is 0 Å². The summed E-state index contributed by atoms with van der Waals surface area (Å²) < 4.78 is 5.18. The average Bonchev–Trinajstić information content (AvgIpc) is 2.82. The van der Waals surface area contributed by atoms with Gasteiger partial charge in [-0.05, 0) is 43.2 Å². The number of fused-ring (bicyclic) bond motifs is 1. The lowest BCUT2D eigenvalue weighted by Gasteiger charge is -2.20. The van der Waals surface area contributed by atoms with Crippen molar-refractivity contribution >= 4 is 33.3 Å². The lowest BCUT2D eigenvalue weighted by molar-refractivity contribution is -0.122. The molecular formula is C20H20BrNO3. The molecule has 4 nitrogen and oxygen atoms in total. The lowest BCUT2D eigenvalue weighted by atomic mass is 9.85. The topological polar surface area (TPSA) is 46.6 Å². The van der Waals surface area contributed by atoms with Crippen LogP contribution in [0.3, 0.4) is 0 Å². The standard InChI is InChI=1S/C20H20BrNO3/c1-20(2)16-9-6-14(18(23)11-21)10-17(16)22(19(20)24)12-13-4-7-15(25-3)8-5-13/h4-10H,11-12H2,1-3H3. The zero-order valence-electron chi connectivity index (χ0n) is 14.5. The molecule has 0 spiro atoms. The number of benzene rings is 2. The maximum atomic E-state index is 13.0. The van der Waals surface area contributed by atoms with Gasteiger partial charge >= 0.3 is 0 Å². The number of amides is 1. The van der Waals surface area contributed by atoms with Gasteiger partial charge in [-0.2, -0.15) is 0 Å². The van der Waals surface area contributed by atoms with E-state index in [1.165, 1.54) is 0 Å². The van der Waals surface area contributed by atoms with Crippen molar-refractivity contribution in [2.45, 2.75) is 25.8 Å². The first-order valence-electron chi connectivity index (χ1n) is 8.07. The number of halogens is 1. The van der Waals surface area contributed by atoms with Crippen molar-refractivity contribution in [1.82, 2.24) is 0 Å². The summed E-state index contributed by atoms with van der Waals surface area (Å²) in [6.45, 7) is 4.31. The molecule has 0 saturated carbocycles. The SMILES string of the molecule is COc1ccc(CN2C(=O)C(C)(C)c3ccc(C(=O)CBr)cc32)cc1. The van der Waals surface area contributed by atoms with Gasteiger partial charge in [0.2, 0.25) is 5.91 Å². The molecule has 130 valence electrons. The van der Waals surface area contributed by atoms with E-state index in [0.717, 1.165) is 22.6 Å². The smallest absolute Gasteiger partial charge is 0.237 e. The fraction of sp³-hybridized carbons (Fsp3) is 0.300. The zero-order valence-corrected chi connectivity index (χ0v) is 16.1. The third kappa shape index (κ3) is 3.09. The summed E-state index contributed by atoms with van der Waals surface area (Å²) in [5.74, 6) is 0.827. The van der Waals surface area contributed by atoms with Gasteiger partial charge in [0, 0.05) is 11.3 Å². The number of hydrogen-bond acceptors (Lipinski definition) is 3. The Morgan fingerprint density at radius 1 is 1.16 bits per heavy atom. The highest BCUT2D eigenvalue weighted by atomic mass is 79.9. The lowest BCUT2D eigenvalue weighted by Crippen LogP contribution is -2.35. The second kappa shape index (κ2) is 6.64. The van der Waals surface area contributed by atoms with Crippen LogP contribution in [-0.2, 0) is 16.8 Å². The highest BCUT2D eigenvalue weighted by molar-refractivity contribution is 9.09. The molecule has 0 aromatic heterocycles. The molecule has 0 radical (unpaired) electrons. The van der Waals surface area contributed by atoms with Crippen LogP contribution < -0.4 is 9.64 Å². The monoisotopic (exact) mass is 401 g/mol. The summed E-state index contributed by atoms with van der Waals surface area (Å²) >= 11 is 3.21. The number of methoxy groups -OCH3 is 1. The van der Waals surface area contributed by atoms with Crippen LogP contribution >= 0.6 is 15.9 Å². The van der Waals surface area contributed by atoms with E-state index in [4.69, 9.17) is 4.74 Å². The van der Waals surface area contributed by atoms with Crippen molar-refractivity contribution in [2.75, 3.05) is 17.3 Å². The molecule has 1 aliphatic rings. The van der Waals surface area contributed by atoms with Crippen LogP contribution in [0.5, 0.6) is 5.75 Å². The minimum Gasteiger partial charge on any atom is -0.497 e. The Balaban J connectivity index is 2.00. The molecule has 3 rings (SSSR count).